The van der Waals surface area contributed by atoms with E-state index in [1.165, 1.54) is 11.8 Å². The molecule has 0 atom stereocenters. The summed E-state index contributed by atoms with van der Waals surface area (Å²) in [6, 6.07) is 17.6. The molecule has 4 aromatic rings. The summed E-state index contributed by atoms with van der Waals surface area (Å²) in [5, 5.41) is 12.0. The minimum Gasteiger partial charge on any atom is -0.497 e. The van der Waals surface area contributed by atoms with Gasteiger partial charge in [0.1, 0.15) is 11.5 Å². The molecule has 2 aromatic carbocycles. The van der Waals surface area contributed by atoms with Crippen molar-refractivity contribution in [3.63, 3.8) is 0 Å². The van der Waals surface area contributed by atoms with Crippen LogP contribution >= 0.6 is 11.8 Å². The number of benzene rings is 2. The summed E-state index contributed by atoms with van der Waals surface area (Å²) in [6.07, 6.45) is 1.61. The lowest BCUT2D eigenvalue weighted by Gasteiger charge is -2.10. The van der Waals surface area contributed by atoms with Gasteiger partial charge in [-0.05, 0) is 48.5 Å². The van der Waals surface area contributed by atoms with Crippen molar-refractivity contribution in [3.8, 4) is 17.1 Å². The number of aromatic nitrogens is 3. The number of furan rings is 1. The standard InChI is InChI=1S/C23H21N5O4S/c1-31-18-5-2-4-16(12-18)22-26-27-23(28(22)13-19-6-3-11-32-19)33-14-20(29)25-17-9-7-15(8-10-17)21(24)30/h2-12H,13-14H2,1H3,(H2,24,30)(H,25,29). The lowest BCUT2D eigenvalue weighted by Crippen LogP contribution is -2.15. The van der Waals surface area contributed by atoms with E-state index in [9.17, 15) is 9.59 Å². The number of nitrogens with one attached hydrogen (secondary N) is 1. The monoisotopic (exact) mass is 463 g/mol. The minimum absolute atomic E-state index is 0.117. The fourth-order valence-electron chi connectivity index (χ4n) is 3.12. The number of primary amides is 1. The number of nitrogens with zero attached hydrogens (tertiary/aromatic N) is 3. The third-order valence-electron chi connectivity index (χ3n) is 4.72. The van der Waals surface area contributed by atoms with Crippen LogP contribution in [0.2, 0.25) is 0 Å². The molecule has 0 aliphatic rings. The maximum absolute atomic E-state index is 12.5. The number of methoxy groups -OCH3 is 1. The van der Waals surface area contributed by atoms with Crippen LogP contribution in [0.5, 0.6) is 5.75 Å². The fraction of sp³-hybridized carbons (Fsp3) is 0.130. The first-order valence-corrected chi connectivity index (χ1v) is 10.9. The van der Waals surface area contributed by atoms with Crippen molar-refractivity contribution < 1.29 is 18.7 Å². The van der Waals surface area contributed by atoms with Crippen molar-refractivity contribution in [2.45, 2.75) is 11.7 Å². The van der Waals surface area contributed by atoms with Gasteiger partial charge in [0.05, 0.1) is 25.7 Å². The summed E-state index contributed by atoms with van der Waals surface area (Å²) in [7, 11) is 1.61. The molecule has 0 saturated heterocycles. The number of ether oxygens (including phenoxy) is 1. The molecular formula is C23H21N5O4S. The zero-order valence-corrected chi connectivity index (χ0v) is 18.5. The number of nitrogens with two attached hydrogens (primary N) is 1. The van der Waals surface area contributed by atoms with Crippen LogP contribution < -0.4 is 15.8 Å². The Bertz CT molecular complexity index is 1250. The predicted molar refractivity (Wildman–Crippen MR) is 124 cm³/mol. The SMILES string of the molecule is COc1cccc(-c2nnc(SCC(=O)Nc3ccc(C(N)=O)cc3)n2Cc2ccco2)c1. The molecular weight excluding hydrogens is 442 g/mol. The second kappa shape index (κ2) is 10.0. The second-order valence-electron chi connectivity index (χ2n) is 6.98. The van der Waals surface area contributed by atoms with E-state index in [0.717, 1.165) is 11.3 Å². The Hall–Kier alpha value is -4.05. The number of rotatable bonds is 9. The van der Waals surface area contributed by atoms with Gasteiger partial charge in [0.15, 0.2) is 11.0 Å². The highest BCUT2D eigenvalue weighted by atomic mass is 32.2. The average Bonchev–Trinajstić information content (AvgIpc) is 3.48. The van der Waals surface area contributed by atoms with Crippen LogP contribution in [-0.2, 0) is 11.3 Å². The van der Waals surface area contributed by atoms with Crippen molar-refractivity contribution in [1.29, 1.82) is 0 Å². The van der Waals surface area contributed by atoms with E-state index >= 15 is 0 Å². The first-order valence-electron chi connectivity index (χ1n) is 9.96. The second-order valence-corrected chi connectivity index (χ2v) is 7.92. The van der Waals surface area contributed by atoms with Crippen molar-refractivity contribution in [2.75, 3.05) is 18.2 Å². The highest BCUT2D eigenvalue weighted by molar-refractivity contribution is 7.99. The molecule has 0 bridgehead atoms. The van der Waals surface area contributed by atoms with Crippen LogP contribution in [-0.4, -0.2) is 39.4 Å². The van der Waals surface area contributed by atoms with Gasteiger partial charge >= 0.3 is 0 Å². The van der Waals surface area contributed by atoms with Gasteiger partial charge in [-0.15, -0.1) is 10.2 Å². The number of carbonyl (C=O) groups is 2. The third kappa shape index (κ3) is 5.42. The van der Waals surface area contributed by atoms with Gasteiger partial charge < -0.3 is 20.2 Å². The predicted octanol–water partition coefficient (Wildman–Crippen LogP) is 3.42. The number of anilines is 1. The van der Waals surface area contributed by atoms with Gasteiger partial charge in [-0.2, -0.15) is 0 Å². The average molecular weight is 464 g/mol. The summed E-state index contributed by atoms with van der Waals surface area (Å²) in [4.78, 5) is 23.7. The number of amides is 2. The molecule has 9 nitrogen and oxygen atoms in total. The zero-order chi connectivity index (χ0) is 23.2. The molecule has 2 amide bonds. The van der Waals surface area contributed by atoms with Crippen molar-refractivity contribution in [1.82, 2.24) is 14.8 Å². The molecule has 2 aromatic heterocycles. The molecule has 0 radical (unpaired) electrons. The Morgan fingerprint density at radius 3 is 2.64 bits per heavy atom. The molecule has 10 heteroatoms. The van der Waals surface area contributed by atoms with Gasteiger partial charge in [-0.25, -0.2) is 0 Å². The highest BCUT2D eigenvalue weighted by Gasteiger charge is 2.17. The van der Waals surface area contributed by atoms with Crippen LogP contribution in [0.4, 0.5) is 5.69 Å². The fourth-order valence-corrected chi connectivity index (χ4v) is 3.85. The minimum atomic E-state index is -0.522. The van der Waals surface area contributed by atoms with Crippen LogP contribution in [0.1, 0.15) is 16.1 Å². The smallest absolute Gasteiger partial charge is 0.248 e. The summed E-state index contributed by atoms with van der Waals surface area (Å²) >= 11 is 1.26. The van der Waals surface area contributed by atoms with E-state index in [4.69, 9.17) is 14.9 Å². The Morgan fingerprint density at radius 1 is 1.12 bits per heavy atom. The maximum atomic E-state index is 12.5. The molecule has 0 unspecified atom stereocenters. The zero-order valence-electron chi connectivity index (χ0n) is 17.7. The van der Waals surface area contributed by atoms with Gasteiger partial charge in [0.25, 0.3) is 0 Å². The number of carbonyl (C=O) groups excluding carboxylic acids is 2. The Balaban J connectivity index is 1.51. The lowest BCUT2D eigenvalue weighted by molar-refractivity contribution is -0.113. The molecule has 168 valence electrons. The maximum Gasteiger partial charge on any atom is 0.248 e. The molecule has 0 fully saturated rings. The lowest BCUT2D eigenvalue weighted by atomic mass is 10.2. The van der Waals surface area contributed by atoms with Gasteiger partial charge in [-0.3, -0.25) is 14.2 Å². The van der Waals surface area contributed by atoms with Crippen LogP contribution in [0.3, 0.4) is 0 Å². The van der Waals surface area contributed by atoms with Crippen LogP contribution in [0.25, 0.3) is 11.4 Å². The Labute approximate surface area is 193 Å². The van der Waals surface area contributed by atoms with E-state index in [1.807, 2.05) is 41.0 Å². The molecule has 3 N–H and O–H groups in total. The Morgan fingerprint density at radius 2 is 1.94 bits per heavy atom. The molecule has 0 aliphatic carbocycles. The molecule has 33 heavy (non-hydrogen) atoms. The first kappa shape index (κ1) is 22.2. The van der Waals surface area contributed by atoms with E-state index in [0.29, 0.717) is 34.5 Å². The first-order chi connectivity index (χ1) is 16.0. The molecule has 0 aliphatic heterocycles. The van der Waals surface area contributed by atoms with E-state index < -0.39 is 5.91 Å². The van der Waals surface area contributed by atoms with Gasteiger partial charge in [0, 0.05) is 16.8 Å². The molecule has 0 saturated carbocycles. The van der Waals surface area contributed by atoms with Crippen LogP contribution in [0.15, 0.2) is 76.5 Å². The largest absolute Gasteiger partial charge is 0.497 e. The summed E-state index contributed by atoms with van der Waals surface area (Å²) in [5.41, 5.74) is 7.02. The van der Waals surface area contributed by atoms with E-state index in [-0.39, 0.29) is 11.7 Å². The van der Waals surface area contributed by atoms with Crippen molar-refractivity contribution in [3.05, 3.63) is 78.3 Å². The molecule has 0 spiro atoms. The quantitative estimate of drug-likeness (QED) is 0.364. The summed E-state index contributed by atoms with van der Waals surface area (Å²) in [6.45, 7) is 0.408. The van der Waals surface area contributed by atoms with Crippen molar-refractivity contribution >= 4 is 29.3 Å². The number of hydrogen-bond donors (Lipinski definition) is 2. The highest BCUT2D eigenvalue weighted by Crippen LogP contribution is 2.27. The summed E-state index contributed by atoms with van der Waals surface area (Å²) in [5.74, 6) is 1.45. The van der Waals surface area contributed by atoms with E-state index in [1.54, 1.807) is 37.6 Å². The van der Waals surface area contributed by atoms with Crippen molar-refractivity contribution in [2.24, 2.45) is 5.73 Å². The Kier molecular flexibility index (Phi) is 6.75. The summed E-state index contributed by atoms with van der Waals surface area (Å²) < 4.78 is 12.7. The van der Waals surface area contributed by atoms with E-state index in [2.05, 4.69) is 15.5 Å². The topological polar surface area (TPSA) is 125 Å². The van der Waals surface area contributed by atoms with Gasteiger partial charge in [-0.1, -0.05) is 23.9 Å². The molecule has 4 rings (SSSR count). The number of hydrogen-bond acceptors (Lipinski definition) is 7. The van der Waals surface area contributed by atoms with Crippen LogP contribution in [0, 0.1) is 0 Å². The number of thioether (sulfide) groups is 1. The van der Waals surface area contributed by atoms with Gasteiger partial charge in [0.2, 0.25) is 11.8 Å². The normalized spacial score (nSPS) is 10.7. The molecule has 2 heterocycles. The third-order valence-corrected chi connectivity index (χ3v) is 5.69.